The highest BCUT2D eigenvalue weighted by atomic mass is 15.3. The maximum atomic E-state index is 7.27. The van der Waals surface area contributed by atoms with Crippen LogP contribution in [0.5, 0.6) is 0 Å². The van der Waals surface area contributed by atoms with Crippen LogP contribution in [0, 0.1) is 12.3 Å². The van der Waals surface area contributed by atoms with Crippen molar-refractivity contribution in [2.75, 3.05) is 0 Å². The summed E-state index contributed by atoms with van der Waals surface area (Å²) in [5, 5.41) is 11.5. The van der Waals surface area contributed by atoms with E-state index in [0.29, 0.717) is 0 Å². The Hall–Kier alpha value is -2.10. The zero-order chi connectivity index (χ0) is 10.8. The van der Waals surface area contributed by atoms with E-state index in [2.05, 4.69) is 5.10 Å². The molecule has 0 aliphatic rings. The Bertz CT molecular complexity index is 482. The second-order valence-corrected chi connectivity index (χ2v) is 3.42. The molecule has 0 aliphatic carbocycles. The number of nitrogens with two attached hydrogens (primary N) is 1. The van der Waals surface area contributed by atoms with Crippen molar-refractivity contribution in [3.8, 4) is 5.69 Å². The number of nitrogens with zero attached hydrogens (tertiary/aromatic N) is 2. The lowest BCUT2D eigenvalue weighted by Crippen LogP contribution is -2.10. The average Bonchev–Trinajstić information content (AvgIpc) is 2.65. The lowest BCUT2D eigenvalue weighted by molar-refractivity contribution is 0.880. The van der Waals surface area contributed by atoms with Crippen molar-refractivity contribution in [1.82, 2.24) is 9.78 Å². The molecule has 0 atom stereocenters. The van der Waals surface area contributed by atoms with E-state index >= 15 is 0 Å². The van der Waals surface area contributed by atoms with Crippen LogP contribution in [-0.2, 0) is 0 Å². The van der Waals surface area contributed by atoms with Gasteiger partial charge in [-0.2, -0.15) is 5.10 Å². The zero-order valence-corrected chi connectivity index (χ0v) is 8.44. The monoisotopic (exact) mass is 200 g/mol. The van der Waals surface area contributed by atoms with Gasteiger partial charge in [0.2, 0.25) is 0 Å². The van der Waals surface area contributed by atoms with Gasteiger partial charge >= 0.3 is 0 Å². The standard InChI is InChI=1S/C11H12N4/c1-8-6-14-15(7-8)10-4-2-9(3-5-10)11(12)13/h2-7H,1H3,(H3,12,13). The van der Waals surface area contributed by atoms with Crippen LogP contribution < -0.4 is 5.73 Å². The Morgan fingerprint density at radius 3 is 2.47 bits per heavy atom. The number of hydrogen-bond donors (Lipinski definition) is 2. The summed E-state index contributed by atoms with van der Waals surface area (Å²) in [4.78, 5) is 0. The van der Waals surface area contributed by atoms with Crippen LogP contribution in [0.15, 0.2) is 36.7 Å². The first-order chi connectivity index (χ1) is 7.16. The maximum Gasteiger partial charge on any atom is 0.122 e. The minimum atomic E-state index is 0.0817. The third-order valence-corrected chi connectivity index (χ3v) is 2.15. The second-order valence-electron chi connectivity index (χ2n) is 3.42. The Kier molecular flexibility index (Phi) is 2.25. The highest BCUT2D eigenvalue weighted by Gasteiger charge is 1.99. The molecular weight excluding hydrogens is 188 g/mol. The number of hydrogen-bond acceptors (Lipinski definition) is 2. The largest absolute Gasteiger partial charge is 0.384 e. The van der Waals surface area contributed by atoms with Crippen molar-refractivity contribution in [3.05, 3.63) is 47.8 Å². The van der Waals surface area contributed by atoms with E-state index < -0.39 is 0 Å². The number of rotatable bonds is 2. The van der Waals surface area contributed by atoms with Gasteiger partial charge in [-0.25, -0.2) is 4.68 Å². The van der Waals surface area contributed by atoms with Gasteiger partial charge in [0, 0.05) is 11.8 Å². The Morgan fingerprint density at radius 1 is 1.33 bits per heavy atom. The minimum absolute atomic E-state index is 0.0817. The molecule has 3 N–H and O–H groups in total. The molecule has 0 spiro atoms. The molecule has 15 heavy (non-hydrogen) atoms. The van der Waals surface area contributed by atoms with Crippen molar-refractivity contribution < 1.29 is 0 Å². The van der Waals surface area contributed by atoms with Gasteiger partial charge in [-0.1, -0.05) is 0 Å². The molecule has 0 unspecified atom stereocenters. The summed E-state index contributed by atoms with van der Waals surface area (Å²) in [7, 11) is 0. The van der Waals surface area contributed by atoms with Crippen LogP contribution in [0.3, 0.4) is 0 Å². The molecule has 1 heterocycles. The molecule has 0 bridgehead atoms. The fourth-order valence-electron chi connectivity index (χ4n) is 1.35. The highest BCUT2D eigenvalue weighted by Crippen LogP contribution is 2.09. The molecule has 0 aliphatic heterocycles. The molecular formula is C11H12N4. The Labute approximate surface area is 87.9 Å². The fraction of sp³-hybridized carbons (Fsp3) is 0.0909. The highest BCUT2D eigenvalue weighted by molar-refractivity contribution is 5.95. The van der Waals surface area contributed by atoms with Gasteiger partial charge in [-0.15, -0.1) is 0 Å². The van der Waals surface area contributed by atoms with E-state index in [1.54, 1.807) is 10.9 Å². The van der Waals surface area contributed by atoms with E-state index in [9.17, 15) is 0 Å². The molecule has 4 nitrogen and oxygen atoms in total. The first-order valence-corrected chi connectivity index (χ1v) is 4.63. The molecule has 0 amide bonds. The third kappa shape index (κ3) is 1.88. The number of benzene rings is 1. The summed E-state index contributed by atoms with van der Waals surface area (Å²) in [6.07, 6.45) is 3.75. The minimum Gasteiger partial charge on any atom is -0.384 e. The van der Waals surface area contributed by atoms with Gasteiger partial charge in [0.05, 0.1) is 11.9 Å². The molecule has 1 aromatic carbocycles. The van der Waals surface area contributed by atoms with Crippen molar-refractivity contribution in [3.63, 3.8) is 0 Å². The zero-order valence-electron chi connectivity index (χ0n) is 8.44. The Balaban J connectivity index is 2.35. The van der Waals surface area contributed by atoms with Gasteiger partial charge in [0.15, 0.2) is 0 Å². The summed E-state index contributed by atoms with van der Waals surface area (Å²) >= 11 is 0. The number of nitrogen functional groups attached to an aromatic ring is 1. The molecule has 2 rings (SSSR count). The summed E-state index contributed by atoms with van der Waals surface area (Å²) in [5.41, 5.74) is 8.17. The SMILES string of the molecule is Cc1cnn(-c2ccc(C(=N)N)cc2)c1. The summed E-state index contributed by atoms with van der Waals surface area (Å²) in [6, 6.07) is 7.41. The third-order valence-electron chi connectivity index (χ3n) is 2.15. The van der Waals surface area contributed by atoms with E-state index in [0.717, 1.165) is 16.8 Å². The van der Waals surface area contributed by atoms with Crippen LogP contribution >= 0.6 is 0 Å². The predicted octanol–water partition coefficient (Wildman–Crippen LogP) is 1.46. The first kappa shape index (κ1) is 9.45. The van der Waals surface area contributed by atoms with Crippen molar-refractivity contribution in [2.45, 2.75) is 6.92 Å². The molecule has 0 fully saturated rings. The van der Waals surface area contributed by atoms with Gasteiger partial charge in [-0.3, -0.25) is 5.41 Å². The molecule has 0 saturated heterocycles. The fourth-order valence-corrected chi connectivity index (χ4v) is 1.35. The number of aryl methyl sites for hydroxylation is 1. The van der Waals surface area contributed by atoms with E-state index in [1.807, 2.05) is 37.4 Å². The maximum absolute atomic E-state index is 7.27. The van der Waals surface area contributed by atoms with Crippen LogP contribution in [0.1, 0.15) is 11.1 Å². The van der Waals surface area contributed by atoms with Gasteiger partial charge < -0.3 is 5.73 Å². The molecule has 4 heteroatoms. The van der Waals surface area contributed by atoms with E-state index in [4.69, 9.17) is 11.1 Å². The lowest BCUT2D eigenvalue weighted by atomic mass is 10.2. The molecule has 0 saturated carbocycles. The summed E-state index contributed by atoms with van der Waals surface area (Å²) < 4.78 is 1.79. The van der Waals surface area contributed by atoms with Gasteiger partial charge in [-0.05, 0) is 36.8 Å². The summed E-state index contributed by atoms with van der Waals surface area (Å²) in [5.74, 6) is 0.0817. The lowest BCUT2D eigenvalue weighted by Gasteiger charge is -2.02. The summed E-state index contributed by atoms with van der Waals surface area (Å²) in [6.45, 7) is 1.99. The Morgan fingerprint density at radius 2 is 2.00 bits per heavy atom. The van der Waals surface area contributed by atoms with E-state index in [-0.39, 0.29) is 5.84 Å². The average molecular weight is 200 g/mol. The normalized spacial score (nSPS) is 10.2. The van der Waals surface area contributed by atoms with E-state index in [1.165, 1.54) is 0 Å². The van der Waals surface area contributed by atoms with Crippen molar-refractivity contribution in [1.29, 1.82) is 5.41 Å². The van der Waals surface area contributed by atoms with Crippen LogP contribution in [0.4, 0.5) is 0 Å². The topological polar surface area (TPSA) is 67.7 Å². The molecule has 2 aromatic rings. The van der Waals surface area contributed by atoms with Crippen LogP contribution in [0.25, 0.3) is 5.69 Å². The second kappa shape index (κ2) is 3.57. The van der Waals surface area contributed by atoms with Crippen LogP contribution in [0.2, 0.25) is 0 Å². The van der Waals surface area contributed by atoms with Gasteiger partial charge in [0.1, 0.15) is 5.84 Å². The first-order valence-electron chi connectivity index (χ1n) is 4.63. The predicted molar refractivity (Wildman–Crippen MR) is 59.3 cm³/mol. The number of amidine groups is 1. The molecule has 1 aromatic heterocycles. The van der Waals surface area contributed by atoms with Crippen molar-refractivity contribution >= 4 is 5.84 Å². The number of nitrogens with one attached hydrogen (secondary N) is 1. The smallest absolute Gasteiger partial charge is 0.122 e. The number of aromatic nitrogens is 2. The van der Waals surface area contributed by atoms with Crippen molar-refractivity contribution in [2.24, 2.45) is 5.73 Å². The molecule has 76 valence electrons. The van der Waals surface area contributed by atoms with Crippen LogP contribution in [-0.4, -0.2) is 15.6 Å². The van der Waals surface area contributed by atoms with Gasteiger partial charge in [0.25, 0.3) is 0 Å². The quantitative estimate of drug-likeness (QED) is 0.569. The molecule has 0 radical (unpaired) electrons.